The highest BCUT2D eigenvalue weighted by Gasteiger charge is 2.21. The van der Waals surface area contributed by atoms with Crippen LogP contribution in [-0.4, -0.2) is 35.9 Å². The van der Waals surface area contributed by atoms with Gasteiger partial charge < -0.3 is 14.6 Å². The predicted molar refractivity (Wildman–Crippen MR) is 68.8 cm³/mol. The Kier molecular flexibility index (Phi) is 5.15. The SMILES string of the molecule is COc1ccc(C(=O)C(Br)CC(=O)O)cc1OC. The van der Waals surface area contributed by atoms with Gasteiger partial charge in [0.05, 0.1) is 25.5 Å². The topological polar surface area (TPSA) is 72.8 Å². The minimum Gasteiger partial charge on any atom is -0.493 e. The normalized spacial score (nSPS) is 11.7. The molecule has 0 fully saturated rings. The molecule has 0 aromatic heterocycles. The van der Waals surface area contributed by atoms with Crippen LogP contribution >= 0.6 is 15.9 Å². The number of alkyl halides is 1. The third kappa shape index (κ3) is 3.46. The van der Waals surface area contributed by atoms with E-state index in [-0.39, 0.29) is 12.2 Å². The number of rotatable bonds is 6. The van der Waals surface area contributed by atoms with Gasteiger partial charge in [-0.1, -0.05) is 15.9 Å². The van der Waals surface area contributed by atoms with E-state index in [1.165, 1.54) is 20.3 Å². The van der Waals surface area contributed by atoms with Crippen LogP contribution in [0.15, 0.2) is 18.2 Å². The number of halogens is 1. The van der Waals surface area contributed by atoms with Crippen molar-refractivity contribution in [1.29, 1.82) is 0 Å². The van der Waals surface area contributed by atoms with Crippen LogP contribution in [0.2, 0.25) is 0 Å². The van der Waals surface area contributed by atoms with Crippen LogP contribution < -0.4 is 9.47 Å². The summed E-state index contributed by atoms with van der Waals surface area (Å²) >= 11 is 3.06. The third-order valence-corrected chi connectivity index (χ3v) is 3.05. The van der Waals surface area contributed by atoms with E-state index < -0.39 is 10.8 Å². The van der Waals surface area contributed by atoms with Gasteiger partial charge in [-0.25, -0.2) is 0 Å². The Morgan fingerprint density at radius 3 is 2.39 bits per heavy atom. The van der Waals surface area contributed by atoms with Crippen LogP contribution in [-0.2, 0) is 4.79 Å². The summed E-state index contributed by atoms with van der Waals surface area (Å²) in [5, 5.41) is 8.64. The number of carboxylic acid groups (broad SMARTS) is 1. The van der Waals surface area contributed by atoms with Crippen LogP contribution in [0, 0.1) is 0 Å². The molecule has 1 aromatic rings. The monoisotopic (exact) mass is 316 g/mol. The van der Waals surface area contributed by atoms with Gasteiger partial charge in [0.25, 0.3) is 0 Å². The van der Waals surface area contributed by atoms with Crippen molar-refractivity contribution in [1.82, 2.24) is 0 Å². The van der Waals surface area contributed by atoms with Crippen LogP contribution in [0.25, 0.3) is 0 Å². The first kappa shape index (κ1) is 14.5. The van der Waals surface area contributed by atoms with E-state index in [2.05, 4.69) is 15.9 Å². The molecule has 0 saturated heterocycles. The van der Waals surface area contributed by atoms with Gasteiger partial charge in [-0.05, 0) is 18.2 Å². The number of ketones is 1. The molecule has 18 heavy (non-hydrogen) atoms. The van der Waals surface area contributed by atoms with Crippen molar-refractivity contribution in [3.8, 4) is 11.5 Å². The molecule has 1 aromatic carbocycles. The number of carbonyl (C=O) groups excluding carboxylic acids is 1. The smallest absolute Gasteiger partial charge is 0.304 e. The second kappa shape index (κ2) is 6.39. The number of hydrogen-bond acceptors (Lipinski definition) is 4. The lowest BCUT2D eigenvalue weighted by atomic mass is 10.1. The summed E-state index contributed by atoms with van der Waals surface area (Å²) in [7, 11) is 2.96. The van der Waals surface area contributed by atoms with E-state index in [4.69, 9.17) is 14.6 Å². The molecule has 1 unspecified atom stereocenters. The van der Waals surface area contributed by atoms with Crippen molar-refractivity contribution in [3.05, 3.63) is 23.8 Å². The van der Waals surface area contributed by atoms with Crippen LogP contribution in [0.3, 0.4) is 0 Å². The minimum absolute atomic E-state index is 0.271. The molecule has 98 valence electrons. The lowest BCUT2D eigenvalue weighted by Crippen LogP contribution is -2.18. The van der Waals surface area contributed by atoms with Crippen molar-refractivity contribution in [2.45, 2.75) is 11.2 Å². The highest BCUT2D eigenvalue weighted by molar-refractivity contribution is 9.10. The Labute approximate surface area is 113 Å². The molecule has 0 bridgehead atoms. The quantitative estimate of drug-likeness (QED) is 0.643. The molecule has 0 aliphatic rings. The zero-order valence-electron chi connectivity index (χ0n) is 9.97. The summed E-state index contributed by atoms with van der Waals surface area (Å²) < 4.78 is 10.1. The van der Waals surface area contributed by atoms with E-state index >= 15 is 0 Å². The Morgan fingerprint density at radius 2 is 1.89 bits per heavy atom. The molecule has 0 saturated carbocycles. The molecule has 0 aliphatic heterocycles. The van der Waals surface area contributed by atoms with E-state index in [9.17, 15) is 9.59 Å². The van der Waals surface area contributed by atoms with Gasteiger partial charge in [0.2, 0.25) is 0 Å². The highest BCUT2D eigenvalue weighted by atomic mass is 79.9. The van der Waals surface area contributed by atoms with E-state index in [1.807, 2.05) is 0 Å². The van der Waals surface area contributed by atoms with Gasteiger partial charge in [0.15, 0.2) is 17.3 Å². The van der Waals surface area contributed by atoms with Gasteiger partial charge in [0, 0.05) is 5.56 Å². The average molecular weight is 317 g/mol. The maximum absolute atomic E-state index is 11.9. The fourth-order valence-electron chi connectivity index (χ4n) is 1.42. The summed E-state index contributed by atoms with van der Waals surface area (Å²) in [6, 6.07) is 4.70. The fourth-order valence-corrected chi connectivity index (χ4v) is 1.96. The van der Waals surface area contributed by atoms with Crippen molar-refractivity contribution in [3.63, 3.8) is 0 Å². The Hall–Kier alpha value is -1.56. The van der Waals surface area contributed by atoms with Crippen molar-refractivity contribution in [2.24, 2.45) is 0 Å². The molecule has 6 heteroatoms. The van der Waals surface area contributed by atoms with E-state index in [1.54, 1.807) is 12.1 Å². The van der Waals surface area contributed by atoms with Crippen LogP contribution in [0.1, 0.15) is 16.8 Å². The highest BCUT2D eigenvalue weighted by Crippen LogP contribution is 2.28. The first-order valence-electron chi connectivity index (χ1n) is 5.11. The molecule has 1 atom stereocenters. The molecule has 0 aliphatic carbocycles. The standard InChI is InChI=1S/C12H13BrO5/c1-17-9-4-3-7(5-10(9)18-2)12(16)8(13)6-11(14)15/h3-5,8H,6H2,1-2H3,(H,14,15). The van der Waals surface area contributed by atoms with E-state index in [0.29, 0.717) is 17.1 Å². The zero-order chi connectivity index (χ0) is 13.7. The molecule has 0 heterocycles. The lowest BCUT2D eigenvalue weighted by molar-refractivity contribution is -0.136. The molecule has 0 radical (unpaired) electrons. The lowest BCUT2D eigenvalue weighted by Gasteiger charge is -2.10. The molecular weight excluding hydrogens is 304 g/mol. The zero-order valence-corrected chi connectivity index (χ0v) is 11.6. The van der Waals surface area contributed by atoms with E-state index in [0.717, 1.165) is 0 Å². The number of carboxylic acids is 1. The molecule has 0 spiro atoms. The van der Waals surface area contributed by atoms with Crippen LogP contribution in [0.5, 0.6) is 11.5 Å². The van der Waals surface area contributed by atoms with Gasteiger partial charge >= 0.3 is 5.97 Å². The number of aliphatic carboxylic acids is 1. The summed E-state index contributed by atoms with van der Waals surface area (Å²) in [5.74, 6) is -0.402. The second-order valence-corrected chi connectivity index (χ2v) is 4.60. The molecule has 1 N–H and O–H groups in total. The summed E-state index contributed by atoms with van der Waals surface area (Å²) in [4.78, 5) is 21.7. The van der Waals surface area contributed by atoms with Crippen LogP contribution in [0.4, 0.5) is 0 Å². The Morgan fingerprint density at radius 1 is 1.28 bits per heavy atom. The first-order valence-corrected chi connectivity index (χ1v) is 6.03. The number of Topliss-reactive ketones (excluding diaryl/α,β-unsaturated/α-hetero) is 1. The number of methoxy groups -OCH3 is 2. The molecule has 5 nitrogen and oxygen atoms in total. The summed E-state index contributed by atoms with van der Waals surface area (Å²) in [5.41, 5.74) is 0.371. The van der Waals surface area contributed by atoms with Gasteiger partial charge in [-0.3, -0.25) is 9.59 Å². The Bertz CT molecular complexity index is 458. The van der Waals surface area contributed by atoms with Crippen molar-refractivity contribution >= 4 is 27.7 Å². The van der Waals surface area contributed by atoms with Gasteiger partial charge in [-0.2, -0.15) is 0 Å². The fraction of sp³-hybridized carbons (Fsp3) is 0.333. The van der Waals surface area contributed by atoms with Crippen molar-refractivity contribution in [2.75, 3.05) is 14.2 Å². The van der Waals surface area contributed by atoms with Gasteiger partial charge in [0.1, 0.15) is 0 Å². The molecule has 0 amide bonds. The molecule has 1 rings (SSSR count). The summed E-state index contributed by atoms with van der Waals surface area (Å²) in [6.45, 7) is 0. The van der Waals surface area contributed by atoms with Gasteiger partial charge in [-0.15, -0.1) is 0 Å². The third-order valence-electron chi connectivity index (χ3n) is 2.31. The predicted octanol–water partition coefficient (Wildman–Crippen LogP) is 2.12. The largest absolute Gasteiger partial charge is 0.493 e. The number of ether oxygens (including phenoxy) is 2. The Balaban J connectivity index is 2.96. The number of carbonyl (C=O) groups is 2. The average Bonchev–Trinajstić information content (AvgIpc) is 2.36. The number of benzene rings is 1. The summed E-state index contributed by atoms with van der Waals surface area (Å²) in [6.07, 6.45) is -0.271. The number of hydrogen-bond donors (Lipinski definition) is 1. The second-order valence-electron chi connectivity index (χ2n) is 3.50. The maximum Gasteiger partial charge on any atom is 0.304 e. The van der Waals surface area contributed by atoms with Crippen molar-refractivity contribution < 1.29 is 24.2 Å². The minimum atomic E-state index is -1.04. The first-order chi connectivity index (χ1) is 8.49. The molecular formula is C12H13BrO5. The maximum atomic E-state index is 11.9.